The van der Waals surface area contributed by atoms with Gasteiger partial charge in [-0.05, 0) is 40.8 Å². The second-order valence-corrected chi connectivity index (χ2v) is 7.15. The van der Waals surface area contributed by atoms with E-state index in [1.54, 1.807) is 0 Å². The molecule has 0 radical (unpaired) electrons. The Hall–Kier alpha value is -0.120. The van der Waals surface area contributed by atoms with Crippen LogP contribution in [-0.4, -0.2) is 61.2 Å². The SMILES string of the molecule is CN(C)CC1CNC(C)(C)CN1C1CCCCC1. The summed E-state index contributed by atoms with van der Waals surface area (Å²) in [5.41, 5.74) is 0.278. The van der Waals surface area contributed by atoms with Gasteiger partial charge in [0.15, 0.2) is 0 Å². The van der Waals surface area contributed by atoms with Gasteiger partial charge < -0.3 is 10.2 Å². The molecule has 0 bridgehead atoms. The van der Waals surface area contributed by atoms with Gasteiger partial charge in [-0.3, -0.25) is 4.90 Å². The van der Waals surface area contributed by atoms with Crippen LogP contribution in [0, 0.1) is 0 Å². The molecule has 0 aromatic rings. The second-order valence-electron chi connectivity index (χ2n) is 7.15. The summed E-state index contributed by atoms with van der Waals surface area (Å²) in [6.07, 6.45) is 7.15. The van der Waals surface area contributed by atoms with Crippen molar-refractivity contribution in [2.24, 2.45) is 0 Å². The first-order chi connectivity index (χ1) is 8.48. The third-order valence-corrected chi connectivity index (χ3v) is 4.48. The largest absolute Gasteiger partial charge is 0.309 e. The molecule has 106 valence electrons. The molecule has 1 aliphatic carbocycles. The predicted octanol–water partition coefficient (Wildman–Crippen LogP) is 1.93. The second kappa shape index (κ2) is 5.89. The molecule has 0 spiro atoms. The van der Waals surface area contributed by atoms with E-state index >= 15 is 0 Å². The van der Waals surface area contributed by atoms with E-state index < -0.39 is 0 Å². The lowest BCUT2D eigenvalue weighted by atomic mass is 9.89. The first-order valence-corrected chi connectivity index (χ1v) is 7.63. The summed E-state index contributed by atoms with van der Waals surface area (Å²) in [6.45, 7) is 8.21. The van der Waals surface area contributed by atoms with Crippen molar-refractivity contribution in [3.63, 3.8) is 0 Å². The van der Waals surface area contributed by atoms with Crippen LogP contribution >= 0.6 is 0 Å². The Kier molecular flexibility index (Phi) is 4.68. The molecule has 18 heavy (non-hydrogen) atoms. The van der Waals surface area contributed by atoms with Crippen LogP contribution in [0.2, 0.25) is 0 Å². The van der Waals surface area contributed by atoms with Gasteiger partial charge in [-0.15, -0.1) is 0 Å². The van der Waals surface area contributed by atoms with E-state index in [0.29, 0.717) is 6.04 Å². The number of hydrogen-bond acceptors (Lipinski definition) is 3. The summed E-state index contributed by atoms with van der Waals surface area (Å²) in [4.78, 5) is 5.15. The third-order valence-electron chi connectivity index (χ3n) is 4.48. The maximum Gasteiger partial charge on any atom is 0.0351 e. The number of likely N-dealkylation sites (N-methyl/N-ethyl adjacent to an activating group) is 1. The summed E-state index contributed by atoms with van der Waals surface area (Å²) in [5.74, 6) is 0. The van der Waals surface area contributed by atoms with Crippen LogP contribution in [0.4, 0.5) is 0 Å². The molecule has 0 aromatic carbocycles. The van der Waals surface area contributed by atoms with Gasteiger partial charge in [0.1, 0.15) is 0 Å². The van der Waals surface area contributed by atoms with Crippen LogP contribution in [0.1, 0.15) is 46.0 Å². The summed E-state index contributed by atoms with van der Waals surface area (Å²) in [5, 5.41) is 3.71. The van der Waals surface area contributed by atoms with Gasteiger partial charge in [-0.25, -0.2) is 0 Å². The normalized spacial score (nSPS) is 30.8. The van der Waals surface area contributed by atoms with Gasteiger partial charge in [0.25, 0.3) is 0 Å². The molecule has 1 saturated heterocycles. The van der Waals surface area contributed by atoms with Crippen LogP contribution in [0.5, 0.6) is 0 Å². The fraction of sp³-hybridized carbons (Fsp3) is 1.00. The minimum Gasteiger partial charge on any atom is -0.309 e. The van der Waals surface area contributed by atoms with Crippen molar-refractivity contribution in [2.75, 3.05) is 33.7 Å². The Morgan fingerprint density at radius 2 is 1.83 bits per heavy atom. The topological polar surface area (TPSA) is 18.5 Å². The molecule has 2 rings (SSSR count). The molecule has 1 atom stereocenters. The zero-order valence-corrected chi connectivity index (χ0v) is 12.7. The van der Waals surface area contributed by atoms with Crippen LogP contribution in [0.3, 0.4) is 0 Å². The minimum atomic E-state index is 0.278. The van der Waals surface area contributed by atoms with Gasteiger partial charge in [-0.2, -0.15) is 0 Å². The van der Waals surface area contributed by atoms with Crippen LogP contribution in [0.25, 0.3) is 0 Å². The van der Waals surface area contributed by atoms with E-state index in [2.05, 4.69) is 43.1 Å². The molecule has 0 amide bonds. The molecule has 2 fully saturated rings. The van der Waals surface area contributed by atoms with Crippen molar-refractivity contribution in [2.45, 2.75) is 63.6 Å². The Morgan fingerprint density at radius 3 is 2.44 bits per heavy atom. The summed E-state index contributed by atoms with van der Waals surface area (Å²) >= 11 is 0. The van der Waals surface area contributed by atoms with E-state index in [4.69, 9.17) is 0 Å². The Morgan fingerprint density at radius 1 is 1.17 bits per heavy atom. The van der Waals surface area contributed by atoms with Crippen molar-refractivity contribution in [3.8, 4) is 0 Å². The first-order valence-electron chi connectivity index (χ1n) is 7.63. The van der Waals surface area contributed by atoms with E-state index in [1.165, 1.54) is 45.2 Å². The molecule has 1 saturated carbocycles. The third kappa shape index (κ3) is 3.69. The average molecular weight is 253 g/mol. The maximum atomic E-state index is 3.71. The lowest BCUT2D eigenvalue weighted by molar-refractivity contribution is 0.0272. The molecule has 3 nitrogen and oxygen atoms in total. The maximum absolute atomic E-state index is 3.71. The predicted molar refractivity (Wildman–Crippen MR) is 78.0 cm³/mol. The molecule has 0 aromatic heterocycles. The zero-order chi connectivity index (χ0) is 13.2. The zero-order valence-electron chi connectivity index (χ0n) is 12.7. The van der Waals surface area contributed by atoms with E-state index in [0.717, 1.165) is 12.6 Å². The highest BCUT2D eigenvalue weighted by Crippen LogP contribution is 2.27. The van der Waals surface area contributed by atoms with E-state index in [9.17, 15) is 0 Å². The van der Waals surface area contributed by atoms with E-state index in [1.807, 2.05) is 0 Å². The highest BCUT2D eigenvalue weighted by molar-refractivity contribution is 4.96. The van der Waals surface area contributed by atoms with Crippen LogP contribution in [0.15, 0.2) is 0 Å². The molecule has 1 heterocycles. The quantitative estimate of drug-likeness (QED) is 0.829. The molecule has 1 unspecified atom stereocenters. The van der Waals surface area contributed by atoms with Gasteiger partial charge in [0.05, 0.1) is 0 Å². The van der Waals surface area contributed by atoms with Crippen LogP contribution in [-0.2, 0) is 0 Å². The van der Waals surface area contributed by atoms with Crippen molar-refractivity contribution >= 4 is 0 Å². The average Bonchev–Trinajstić information content (AvgIpc) is 2.32. The number of rotatable bonds is 3. The van der Waals surface area contributed by atoms with Gasteiger partial charge in [0.2, 0.25) is 0 Å². The van der Waals surface area contributed by atoms with Gasteiger partial charge >= 0.3 is 0 Å². The Bertz CT molecular complexity index is 256. The Labute approximate surface area is 113 Å². The van der Waals surface area contributed by atoms with Crippen molar-refractivity contribution in [1.82, 2.24) is 15.1 Å². The fourth-order valence-corrected chi connectivity index (χ4v) is 3.58. The number of hydrogen-bond donors (Lipinski definition) is 1. The number of nitrogens with one attached hydrogen (secondary N) is 1. The van der Waals surface area contributed by atoms with Crippen molar-refractivity contribution in [1.29, 1.82) is 0 Å². The lowest BCUT2D eigenvalue weighted by Crippen LogP contribution is -2.65. The minimum absolute atomic E-state index is 0.278. The van der Waals surface area contributed by atoms with Crippen molar-refractivity contribution in [3.05, 3.63) is 0 Å². The number of nitrogens with zero attached hydrogens (tertiary/aromatic N) is 2. The highest BCUT2D eigenvalue weighted by Gasteiger charge is 2.36. The van der Waals surface area contributed by atoms with Gasteiger partial charge in [-0.1, -0.05) is 19.3 Å². The van der Waals surface area contributed by atoms with Crippen LogP contribution < -0.4 is 5.32 Å². The highest BCUT2D eigenvalue weighted by atomic mass is 15.3. The molecular weight excluding hydrogens is 222 g/mol. The molecule has 1 N–H and O–H groups in total. The molecular formula is C15H31N3. The summed E-state index contributed by atoms with van der Waals surface area (Å²) < 4.78 is 0. The summed E-state index contributed by atoms with van der Waals surface area (Å²) in [7, 11) is 4.39. The van der Waals surface area contributed by atoms with Crippen molar-refractivity contribution < 1.29 is 0 Å². The standard InChI is InChI=1S/C15H31N3/c1-15(2)12-18(13-8-6-5-7-9-13)14(10-16-15)11-17(3)4/h13-14,16H,5-12H2,1-4H3. The molecule has 2 aliphatic rings. The molecule has 1 aliphatic heterocycles. The number of piperazine rings is 1. The molecule has 3 heteroatoms. The Balaban J connectivity index is 2.03. The lowest BCUT2D eigenvalue weighted by Gasteiger charge is -2.49. The first kappa shape index (κ1) is 14.3. The monoisotopic (exact) mass is 253 g/mol. The fourth-order valence-electron chi connectivity index (χ4n) is 3.58. The van der Waals surface area contributed by atoms with E-state index in [-0.39, 0.29) is 5.54 Å². The summed E-state index contributed by atoms with van der Waals surface area (Å²) in [6, 6.07) is 1.53. The van der Waals surface area contributed by atoms with Gasteiger partial charge in [0, 0.05) is 37.3 Å². The smallest absolute Gasteiger partial charge is 0.0351 e.